The first kappa shape index (κ1) is 12.7. The first-order chi connectivity index (χ1) is 8.52. The van der Waals surface area contributed by atoms with Gasteiger partial charge in [0.2, 0.25) is 17.7 Å². The van der Waals surface area contributed by atoms with Gasteiger partial charge in [-0.1, -0.05) is 6.07 Å². The number of ether oxygens (including phenoxy) is 1. The van der Waals surface area contributed by atoms with Crippen LogP contribution in [0.25, 0.3) is 0 Å². The molecule has 0 spiro atoms. The molecule has 0 unspecified atom stereocenters. The van der Waals surface area contributed by atoms with Crippen molar-refractivity contribution in [3.8, 4) is 5.88 Å². The van der Waals surface area contributed by atoms with E-state index in [1.807, 2.05) is 0 Å². The highest BCUT2D eigenvalue weighted by Gasteiger charge is 2.48. The van der Waals surface area contributed by atoms with Crippen LogP contribution < -0.4 is 10.1 Å². The third kappa shape index (κ3) is 2.75. The second-order valence-electron chi connectivity index (χ2n) is 4.35. The molecule has 6 heteroatoms. The predicted molar refractivity (Wildman–Crippen MR) is 60.3 cm³/mol. The third-order valence-electron chi connectivity index (χ3n) is 2.96. The van der Waals surface area contributed by atoms with E-state index in [0.717, 1.165) is 5.56 Å². The van der Waals surface area contributed by atoms with Crippen LogP contribution in [0.1, 0.15) is 18.4 Å². The summed E-state index contributed by atoms with van der Waals surface area (Å²) in [4.78, 5) is 15.6. The van der Waals surface area contributed by atoms with Gasteiger partial charge in [-0.15, -0.1) is 0 Å². The number of methoxy groups -OCH3 is 1. The summed E-state index contributed by atoms with van der Waals surface area (Å²) in [5, 5.41) is 2.62. The van der Waals surface area contributed by atoms with Crippen LogP contribution in [-0.4, -0.2) is 23.9 Å². The smallest absolute Gasteiger partial charge is 0.249 e. The Bertz CT molecular complexity index is 443. The Morgan fingerprint density at radius 3 is 2.94 bits per heavy atom. The molecule has 0 radical (unpaired) electrons. The molecule has 4 nitrogen and oxygen atoms in total. The van der Waals surface area contributed by atoms with Gasteiger partial charge in [-0.05, 0) is 6.07 Å². The molecular weight excluding hydrogens is 242 g/mol. The van der Waals surface area contributed by atoms with Crippen LogP contribution >= 0.6 is 0 Å². The number of hydrogen-bond acceptors (Lipinski definition) is 3. The van der Waals surface area contributed by atoms with Crippen LogP contribution in [-0.2, 0) is 11.3 Å². The highest BCUT2D eigenvalue weighted by Crippen LogP contribution is 2.42. The van der Waals surface area contributed by atoms with E-state index >= 15 is 0 Å². The number of aromatic nitrogens is 1. The lowest BCUT2D eigenvalue weighted by molar-refractivity contribution is -0.150. The van der Waals surface area contributed by atoms with Crippen molar-refractivity contribution in [2.45, 2.75) is 25.3 Å². The maximum absolute atomic E-state index is 12.6. The average molecular weight is 256 g/mol. The van der Waals surface area contributed by atoms with Crippen LogP contribution in [0, 0.1) is 5.92 Å². The minimum atomic E-state index is -2.67. The molecule has 98 valence electrons. The van der Waals surface area contributed by atoms with Crippen LogP contribution in [0.5, 0.6) is 5.88 Å². The van der Waals surface area contributed by atoms with Gasteiger partial charge in [0.25, 0.3) is 0 Å². The van der Waals surface area contributed by atoms with Crippen LogP contribution in [0.3, 0.4) is 0 Å². The van der Waals surface area contributed by atoms with Crippen molar-refractivity contribution in [2.24, 2.45) is 5.92 Å². The number of carbonyl (C=O) groups excluding carboxylic acids is 1. The summed E-state index contributed by atoms with van der Waals surface area (Å²) >= 11 is 0. The lowest BCUT2D eigenvalue weighted by atomic mass is 9.81. The molecule has 0 saturated heterocycles. The lowest BCUT2D eigenvalue weighted by Gasteiger charge is -2.33. The van der Waals surface area contributed by atoms with Crippen LogP contribution in [0.15, 0.2) is 18.3 Å². The fourth-order valence-electron chi connectivity index (χ4n) is 1.92. The number of halogens is 2. The summed E-state index contributed by atoms with van der Waals surface area (Å²) in [7, 11) is 1.49. The fraction of sp³-hybridized carbons (Fsp3) is 0.500. The van der Waals surface area contributed by atoms with E-state index in [-0.39, 0.29) is 25.3 Å². The van der Waals surface area contributed by atoms with Gasteiger partial charge >= 0.3 is 0 Å². The van der Waals surface area contributed by atoms with E-state index in [4.69, 9.17) is 4.74 Å². The molecule has 2 rings (SSSR count). The predicted octanol–water partition coefficient (Wildman–Crippen LogP) is 1.75. The van der Waals surface area contributed by atoms with Gasteiger partial charge < -0.3 is 10.1 Å². The summed E-state index contributed by atoms with van der Waals surface area (Å²) in [5.41, 5.74) is 0.722. The van der Waals surface area contributed by atoms with E-state index < -0.39 is 11.8 Å². The van der Waals surface area contributed by atoms with Crippen LogP contribution in [0.4, 0.5) is 8.78 Å². The topological polar surface area (TPSA) is 51.2 Å². The number of hydrogen-bond donors (Lipinski definition) is 1. The number of pyridine rings is 1. The zero-order chi connectivity index (χ0) is 13.2. The van der Waals surface area contributed by atoms with E-state index in [2.05, 4.69) is 10.3 Å². The van der Waals surface area contributed by atoms with Gasteiger partial charge in [-0.25, -0.2) is 13.8 Å². The molecule has 1 N–H and O–H groups in total. The van der Waals surface area contributed by atoms with Crippen molar-refractivity contribution < 1.29 is 18.3 Å². The van der Waals surface area contributed by atoms with Gasteiger partial charge in [0.1, 0.15) is 0 Å². The quantitative estimate of drug-likeness (QED) is 0.893. The molecule has 0 aromatic carbocycles. The van der Waals surface area contributed by atoms with Gasteiger partial charge in [0, 0.05) is 37.1 Å². The third-order valence-corrected chi connectivity index (χ3v) is 2.96. The summed E-state index contributed by atoms with van der Waals surface area (Å²) in [6, 6.07) is 3.49. The van der Waals surface area contributed by atoms with Crippen molar-refractivity contribution in [3.63, 3.8) is 0 Å². The Morgan fingerprint density at radius 1 is 1.61 bits per heavy atom. The number of nitrogens with one attached hydrogen (secondary N) is 1. The maximum atomic E-state index is 12.6. The van der Waals surface area contributed by atoms with E-state index in [1.54, 1.807) is 18.3 Å². The van der Waals surface area contributed by atoms with Gasteiger partial charge in [0.15, 0.2) is 0 Å². The largest absolute Gasteiger partial charge is 0.481 e. The summed E-state index contributed by atoms with van der Waals surface area (Å²) in [6.45, 7) is 0.234. The fourth-order valence-corrected chi connectivity index (χ4v) is 1.92. The minimum absolute atomic E-state index is 0.234. The van der Waals surface area contributed by atoms with Gasteiger partial charge in [0.05, 0.1) is 7.11 Å². The van der Waals surface area contributed by atoms with Crippen LogP contribution in [0.2, 0.25) is 0 Å². The Hall–Kier alpha value is -1.72. The highest BCUT2D eigenvalue weighted by molar-refractivity contribution is 5.79. The number of rotatable bonds is 4. The van der Waals surface area contributed by atoms with Gasteiger partial charge in [-0.2, -0.15) is 0 Å². The number of nitrogens with zero attached hydrogens (tertiary/aromatic N) is 1. The summed E-state index contributed by atoms with van der Waals surface area (Å²) in [6.07, 6.45) is 0.864. The molecule has 1 aliphatic rings. The molecule has 18 heavy (non-hydrogen) atoms. The van der Waals surface area contributed by atoms with Crippen molar-refractivity contribution in [1.82, 2.24) is 10.3 Å². The molecular formula is C12H14F2N2O2. The molecule has 1 aromatic rings. The molecule has 1 aliphatic carbocycles. The molecule has 1 fully saturated rings. The Labute approximate surface area is 103 Å². The van der Waals surface area contributed by atoms with E-state index in [0.29, 0.717) is 5.88 Å². The minimum Gasteiger partial charge on any atom is -0.481 e. The van der Waals surface area contributed by atoms with Crippen molar-refractivity contribution in [1.29, 1.82) is 0 Å². The Kier molecular flexibility index (Phi) is 3.45. The van der Waals surface area contributed by atoms with E-state index in [1.165, 1.54) is 7.11 Å². The second kappa shape index (κ2) is 4.88. The molecule has 1 aromatic heterocycles. The molecule has 0 bridgehead atoms. The number of amides is 1. The lowest BCUT2D eigenvalue weighted by Crippen LogP contribution is -2.44. The van der Waals surface area contributed by atoms with Crippen molar-refractivity contribution in [2.75, 3.05) is 7.11 Å². The van der Waals surface area contributed by atoms with Crippen molar-refractivity contribution >= 4 is 5.91 Å². The zero-order valence-electron chi connectivity index (χ0n) is 9.95. The molecule has 0 aliphatic heterocycles. The SMILES string of the molecule is COc1ncccc1CNC(=O)C1CC(F)(F)C1. The zero-order valence-corrected chi connectivity index (χ0v) is 9.95. The molecule has 1 saturated carbocycles. The summed E-state index contributed by atoms with van der Waals surface area (Å²) < 4.78 is 30.3. The average Bonchev–Trinajstić information content (AvgIpc) is 2.33. The molecule has 1 amide bonds. The van der Waals surface area contributed by atoms with Crippen molar-refractivity contribution in [3.05, 3.63) is 23.9 Å². The Balaban J connectivity index is 1.86. The standard InChI is InChI=1S/C12H14F2N2O2/c1-18-11-8(3-2-4-15-11)7-16-10(17)9-5-12(13,14)6-9/h2-4,9H,5-7H2,1H3,(H,16,17). The summed E-state index contributed by atoms with van der Waals surface area (Å²) in [5.74, 6) is -3.17. The molecule has 0 atom stereocenters. The monoisotopic (exact) mass is 256 g/mol. The maximum Gasteiger partial charge on any atom is 0.249 e. The van der Waals surface area contributed by atoms with E-state index in [9.17, 15) is 13.6 Å². The first-order valence-corrected chi connectivity index (χ1v) is 5.65. The number of carbonyl (C=O) groups is 1. The van der Waals surface area contributed by atoms with Gasteiger partial charge in [-0.3, -0.25) is 4.79 Å². The Morgan fingerprint density at radius 2 is 2.33 bits per heavy atom. The first-order valence-electron chi connectivity index (χ1n) is 5.65. The second-order valence-corrected chi connectivity index (χ2v) is 4.35. The molecule has 1 heterocycles. The highest BCUT2D eigenvalue weighted by atomic mass is 19.3. The normalized spacial score (nSPS) is 17.9. The number of alkyl halides is 2.